The zero-order valence-electron chi connectivity index (χ0n) is 5.48. The molecule has 0 aliphatic heterocycles. The fourth-order valence-corrected chi connectivity index (χ4v) is 0.435. The van der Waals surface area contributed by atoms with Crippen molar-refractivity contribution in [2.45, 2.75) is 13.3 Å². The highest BCUT2D eigenvalue weighted by Crippen LogP contribution is 1.73. The summed E-state index contributed by atoms with van der Waals surface area (Å²) in [6, 6.07) is 0. The molecule has 0 aliphatic carbocycles. The summed E-state index contributed by atoms with van der Waals surface area (Å²) in [7, 11) is 0. The van der Waals surface area contributed by atoms with Crippen molar-refractivity contribution in [2.75, 3.05) is 13.1 Å². The number of hydrogen-bond donors (Lipinski definition) is 3. The van der Waals surface area contributed by atoms with E-state index in [0.717, 1.165) is 6.54 Å². The second-order valence-corrected chi connectivity index (χ2v) is 1.64. The molecular weight excluding hydrogens is 120 g/mol. The number of hydrogen-bond acceptors (Lipinski definition) is 3. The molecule has 0 aromatic carbocycles. The minimum Gasteiger partial charge on any atom is -0.316 e. The second kappa shape index (κ2) is 5.53. The fourth-order valence-electron chi connectivity index (χ4n) is 0.435. The highest BCUT2D eigenvalue weighted by atomic mass is 16.5. The maximum absolute atomic E-state index is 10.3. The smallest absolute Gasteiger partial charge is 0.244 e. The van der Waals surface area contributed by atoms with Crippen LogP contribution in [0, 0.1) is 0 Å². The lowest BCUT2D eigenvalue weighted by atomic mass is 10.4. The lowest BCUT2D eigenvalue weighted by molar-refractivity contribution is -0.129. The number of carbonyl (C=O) groups excluding carboxylic acids is 1. The molecule has 0 fully saturated rings. The molecule has 0 aliphatic rings. The van der Waals surface area contributed by atoms with Gasteiger partial charge in [0.2, 0.25) is 5.91 Å². The summed E-state index contributed by atoms with van der Waals surface area (Å²) >= 11 is 0. The van der Waals surface area contributed by atoms with Gasteiger partial charge in [0.1, 0.15) is 0 Å². The van der Waals surface area contributed by atoms with E-state index in [1.54, 1.807) is 5.48 Å². The molecule has 3 N–H and O–H groups in total. The van der Waals surface area contributed by atoms with E-state index in [4.69, 9.17) is 5.21 Å². The quantitative estimate of drug-likeness (QED) is 0.274. The first-order chi connectivity index (χ1) is 4.31. The van der Waals surface area contributed by atoms with Crippen LogP contribution in [0.3, 0.4) is 0 Å². The Kier molecular flexibility index (Phi) is 5.15. The molecule has 1 amide bonds. The molecule has 0 aromatic heterocycles. The first kappa shape index (κ1) is 8.39. The van der Waals surface area contributed by atoms with Crippen LogP contribution in [0.2, 0.25) is 0 Å². The van der Waals surface area contributed by atoms with Crippen LogP contribution in [0.15, 0.2) is 0 Å². The van der Waals surface area contributed by atoms with Gasteiger partial charge in [-0.25, -0.2) is 5.48 Å². The first-order valence-electron chi connectivity index (χ1n) is 2.95. The van der Waals surface area contributed by atoms with E-state index in [2.05, 4.69) is 5.32 Å². The van der Waals surface area contributed by atoms with Crippen LogP contribution in [-0.4, -0.2) is 24.2 Å². The molecule has 0 rings (SSSR count). The van der Waals surface area contributed by atoms with E-state index in [1.807, 2.05) is 6.92 Å². The van der Waals surface area contributed by atoms with Crippen LogP contribution in [-0.2, 0) is 4.79 Å². The zero-order chi connectivity index (χ0) is 7.11. The van der Waals surface area contributed by atoms with Crippen LogP contribution in [0.25, 0.3) is 0 Å². The number of carbonyl (C=O) groups is 1. The Labute approximate surface area is 54.2 Å². The van der Waals surface area contributed by atoms with Crippen molar-refractivity contribution in [3.8, 4) is 0 Å². The van der Waals surface area contributed by atoms with E-state index in [9.17, 15) is 4.79 Å². The number of nitrogens with one attached hydrogen (secondary N) is 2. The third-order valence-corrected chi connectivity index (χ3v) is 0.904. The molecule has 0 unspecified atom stereocenters. The lowest BCUT2D eigenvalue weighted by Gasteiger charge is -1.97. The van der Waals surface area contributed by atoms with Crippen molar-refractivity contribution in [1.82, 2.24) is 10.8 Å². The summed E-state index contributed by atoms with van der Waals surface area (Å²) in [4.78, 5) is 10.3. The molecule has 0 saturated carbocycles. The van der Waals surface area contributed by atoms with Gasteiger partial charge in [0.25, 0.3) is 0 Å². The number of amides is 1. The molecule has 0 heterocycles. The molecule has 0 atom stereocenters. The fraction of sp³-hybridized carbons (Fsp3) is 0.800. The van der Waals surface area contributed by atoms with Crippen LogP contribution < -0.4 is 10.8 Å². The Hall–Kier alpha value is -0.610. The molecule has 0 aromatic rings. The monoisotopic (exact) mass is 132 g/mol. The minimum atomic E-state index is -0.351. The largest absolute Gasteiger partial charge is 0.316 e. The highest BCUT2D eigenvalue weighted by molar-refractivity contribution is 5.74. The Morgan fingerprint density at radius 1 is 1.67 bits per heavy atom. The predicted octanol–water partition coefficient (Wildman–Crippen LogP) is -0.509. The van der Waals surface area contributed by atoms with Crippen molar-refractivity contribution >= 4 is 5.91 Å². The normalized spacial score (nSPS) is 9.11. The summed E-state index contributed by atoms with van der Waals surface area (Å²) in [5.74, 6) is -0.351. The Balaban J connectivity index is 2.97. The zero-order valence-corrected chi connectivity index (χ0v) is 5.48. The van der Waals surface area contributed by atoms with Crippen molar-refractivity contribution in [1.29, 1.82) is 0 Å². The van der Waals surface area contributed by atoms with E-state index in [1.165, 1.54) is 0 Å². The first-order valence-corrected chi connectivity index (χ1v) is 2.95. The van der Waals surface area contributed by atoms with E-state index in [0.29, 0.717) is 13.0 Å². The van der Waals surface area contributed by atoms with Crippen LogP contribution in [0.5, 0.6) is 0 Å². The van der Waals surface area contributed by atoms with Gasteiger partial charge in [0.15, 0.2) is 0 Å². The number of hydroxylamine groups is 1. The van der Waals surface area contributed by atoms with Gasteiger partial charge in [-0.15, -0.1) is 0 Å². The molecule has 9 heavy (non-hydrogen) atoms. The molecule has 0 radical (unpaired) electrons. The summed E-state index contributed by atoms with van der Waals surface area (Å²) in [6.07, 6.45) is 0.324. The summed E-state index contributed by atoms with van der Waals surface area (Å²) < 4.78 is 0. The summed E-state index contributed by atoms with van der Waals surface area (Å²) in [5.41, 5.74) is 1.54. The van der Waals surface area contributed by atoms with E-state index >= 15 is 0 Å². The minimum absolute atomic E-state index is 0.324. The van der Waals surface area contributed by atoms with Crippen molar-refractivity contribution in [2.24, 2.45) is 0 Å². The van der Waals surface area contributed by atoms with Gasteiger partial charge in [-0.3, -0.25) is 10.0 Å². The second-order valence-electron chi connectivity index (χ2n) is 1.64. The topological polar surface area (TPSA) is 61.4 Å². The van der Waals surface area contributed by atoms with Gasteiger partial charge in [0, 0.05) is 13.0 Å². The van der Waals surface area contributed by atoms with Crippen LogP contribution in [0.4, 0.5) is 0 Å². The molecular formula is C5H12N2O2. The SMILES string of the molecule is CCNCCC(=O)NO. The van der Waals surface area contributed by atoms with Gasteiger partial charge in [-0.2, -0.15) is 0 Å². The summed E-state index contributed by atoms with van der Waals surface area (Å²) in [5, 5.41) is 10.9. The van der Waals surface area contributed by atoms with E-state index in [-0.39, 0.29) is 5.91 Å². The van der Waals surface area contributed by atoms with Gasteiger partial charge < -0.3 is 5.32 Å². The maximum Gasteiger partial charge on any atom is 0.244 e. The highest BCUT2D eigenvalue weighted by Gasteiger charge is 1.94. The van der Waals surface area contributed by atoms with Crippen LogP contribution >= 0.6 is 0 Å². The Bertz CT molecular complexity index is 85.0. The standard InChI is InChI=1S/C5H12N2O2/c1-2-6-4-3-5(8)7-9/h6,9H,2-4H2,1H3,(H,7,8). The molecule has 4 nitrogen and oxygen atoms in total. The van der Waals surface area contributed by atoms with Crippen molar-refractivity contribution in [3.05, 3.63) is 0 Å². The average molecular weight is 132 g/mol. The predicted molar refractivity (Wildman–Crippen MR) is 33.1 cm³/mol. The third kappa shape index (κ3) is 5.26. The Morgan fingerprint density at radius 3 is 2.78 bits per heavy atom. The van der Waals surface area contributed by atoms with E-state index < -0.39 is 0 Å². The van der Waals surface area contributed by atoms with Crippen molar-refractivity contribution < 1.29 is 10.0 Å². The molecule has 0 spiro atoms. The van der Waals surface area contributed by atoms with Gasteiger partial charge >= 0.3 is 0 Å². The van der Waals surface area contributed by atoms with Gasteiger partial charge in [-0.05, 0) is 6.54 Å². The average Bonchev–Trinajstić information content (AvgIpc) is 1.89. The van der Waals surface area contributed by atoms with Crippen LogP contribution in [0.1, 0.15) is 13.3 Å². The van der Waals surface area contributed by atoms with Crippen molar-refractivity contribution in [3.63, 3.8) is 0 Å². The summed E-state index contributed by atoms with van der Waals surface area (Å²) in [6.45, 7) is 3.42. The van der Waals surface area contributed by atoms with Gasteiger partial charge in [0.05, 0.1) is 0 Å². The third-order valence-electron chi connectivity index (χ3n) is 0.904. The molecule has 4 heteroatoms. The Morgan fingerprint density at radius 2 is 2.33 bits per heavy atom. The van der Waals surface area contributed by atoms with Gasteiger partial charge in [-0.1, -0.05) is 6.92 Å². The molecule has 0 saturated heterocycles. The number of rotatable bonds is 4. The molecule has 54 valence electrons. The lowest BCUT2D eigenvalue weighted by Crippen LogP contribution is -2.24. The molecule has 0 bridgehead atoms. The maximum atomic E-state index is 10.3.